The zero-order chi connectivity index (χ0) is 38.0. The first kappa shape index (κ1) is 37.0. The predicted molar refractivity (Wildman–Crippen MR) is 265 cm³/mol. The fourth-order valence-electron chi connectivity index (χ4n) is 6.58. The first-order valence-corrected chi connectivity index (χ1v) is 27.1. The first-order chi connectivity index (χ1) is 28.3. The van der Waals surface area contributed by atoms with Crippen molar-refractivity contribution >= 4 is 124 Å². The Balaban J connectivity index is 1.44. The van der Waals surface area contributed by atoms with E-state index in [2.05, 4.69) is 182 Å². The van der Waals surface area contributed by atoms with Crippen LogP contribution in [0.1, 0.15) is 0 Å². The van der Waals surface area contributed by atoms with Gasteiger partial charge in [-0.05, 0) is 33.4 Å². The van der Waals surface area contributed by atoms with E-state index in [-0.39, 0.29) is 0 Å². The molecule has 276 valence electrons. The standard InChI is InChI=1S/C48H30S9/c1-7-19-31(20-8-1)37-43-44(38(49-37)32-21-9-2-10-22-32)53-55-47-41(35-27-15-5-16-28-35)51-42(36-29-17-6-18-30-36)48(47)57-56-46-40(34-25-13-4-14-26-34)50-39(45(46)54-52-43)33-23-11-3-12-24-33/h1-30H. The molecule has 4 aromatic heterocycles. The zero-order valence-electron chi connectivity index (χ0n) is 30.0. The van der Waals surface area contributed by atoms with Gasteiger partial charge in [-0.1, -0.05) is 244 Å². The van der Waals surface area contributed by atoms with Crippen LogP contribution < -0.4 is 0 Å². The van der Waals surface area contributed by atoms with Crippen LogP contribution in [0.5, 0.6) is 0 Å². The highest BCUT2D eigenvalue weighted by Gasteiger charge is 2.20. The fraction of sp³-hybridized carbons (Fsp3) is 0. The van der Waals surface area contributed by atoms with Gasteiger partial charge >= 0.3 is 0 Å². The van der Waals surface area contributed by atoms with Crippen LogP contribution in [-0.2, 0) is 0 Å². The summed E-state index contributed by atoms with van der Waals surface area (Å²) in [5.41, 5.74) is 7.52. The first-order valence-electron chi connectivity index (χ1n) is 18.2. The molecule has 6 aromatic carbocycles. The summed E-state index contributed by atoms with van der Waals surface area (Å²) in [6, 6.07) is 65.9. The number of hydrogen-bond acceptors (Lipinski definition) is 9. The lowest BCUT2D eigenvalue weighted by Crippen LogP contribution is -1.70. The summed E-state index contributed by atoms with van der Waals surface area (Å²) >= 11 is 5.76. The summed E-state index contributed by atoms with van der Waals surface area (Å²) in [6.45, 7) is 0. The summed E-state index contributed by atoms with van der Waals surface area (Å²) in [6.07, 6.45) is 0. The Bertz CT molecular complexity index is 2540. The summed E-state index contributed by atoms with van der Waals surface area (Å²) in [5.74, 6) is 0. The van der Waals surface area contributed by atoms with Crippen molar-refractivity contribution < 1.29 is 0 Å². The molecule has 0 fully saturated rings. The lowest BCUT2D eigenvalue weighted by molar-refractivity contribution is 1.71. The van der Waals surface area contributed by atoms with E-state index in [1.54, 1.807) is 0 Å². The van der Waals surface area contributed by atoms with Gasteiger partial charge in [0.25, 0.3) is 0 Å². The van der Waals surface area contributed by atoms with Gasteiger partial charge in [0.1, 0.15) is 0 Å². The van der Waals surface area contributed by atoms with Gasteiger partial charge < -0.3 is 0 Å². The van der Waals surface area contributed by atoms with Crippen LogP contribution in [-0.4, -0.2) is 0 Å². The molecule has 0 saturated carbocycles. The molecule has 57 heavy (non-hydrogen) atoms. The topological polar surface area (TPSA) is 0 Å². The summed E-state index contributed by atoms with van der Waals surface area (Å²) in [5, 5.41) is 0. The van der Waals surface area contributed by atoms with Crippen LogP contribution in [0, 0.1) is 0 Å². The minimum Gasteiger partial charge on any atom is -0.132 e. The van der Waals surface area contributed by atoms with E-state index in [1.807, 2.05) is 96.1 Å². The smallest absolute Gasteiger partial charge is 0.0750 e. The molecule has 0 spiro atoms. The van der Waals surface area contributed by atoms with Crippen LogP contribution in [0.15, 0.2) is 182 Å². The Kier molecular flexibility index (Phi) is 11.0. The number of rotatable bonds is 6. The summed E-state index contributed by atoms with van der Waals surface area (Å²) < 4.78 is 7.94. The minimum atomic E-state index is 1.25. The Morgan fingerprint density at radius 3 is 0.456 bits per heavy atom. The van der Waals surface area contributed by atoms with Gasteiger partial charge in [0.15, 0.2) is 0 Å². The van der Waals surface area contributed by atoms with E-state index >= 15 is 0 Å². The molecule has 0 aliphatic carbocycles. The molecule has 9 heteroatoms. The quantitative estimate of drug-likeness (QED) is 0.146. The number of thiophene rings is 3. The third kappa shape index (κ3) is 7.49. The van der Waals surface area contributed by atoms with Crippen molar-refractivity contribution in [2.75, 3.05) is 0 Å². The molecule has 0 atom stereocenters. The van der Waals surface area contributed by atoms with Gasteiger partial charge in [0, 0.05) is 0 Å². The van der Waals surface area contributed by atoms with Gasteiger partial charge in [-0.2, -0.15) is 0 Å². The second-order valence-electron chi connectivity index (χ2n) is 13.0. The highest BCUT2D eigenvalue weighted by molar-refractivity contribution is 7.80. The SMILES string of the molecule is c1ccc(-c2sc(-c3ccccc3)c3ssc4c(-c5ccccc5)sc(-c5ccccc5)c4ssc4c(-c5ccccc5)sc(-c5ccccc5)c4ssc23)cc1. The molecule has 0 aliphatic rings. The predicted octanol–water partition coefficient (Wildman–Crippen LogP) is 19.1. The molecule has 0 unspecified atom stereocenters. The molecule has 0 saturated heterocycles. The Hall–Kier alpha value is -4.26. The molecule has 10 rings (SSSR count). The maximum atomic E-state index is 2.27. The molecule has 4 heterocycles. The van der Waals surface area contributed by atoms with Crippen LogP contribution in [0.2, 0.25) is 0 Å². The van der Waals surface area contributed by atoms with Gasteiger partial charge in [0.2, 0.25) is 0 Å². The van der Waals surface area contributed by atoms with Crippen molar-refractivity contribution in [2.45, 2.75) is 0 Å². The zero-order valence-corrected chi connectivity index (χ0v) is 37.3. The van der Waals surface area contributed by atoms with Crippen LogP contribution in [0.4, 0.5) is 0 Å². The number of benzene rings is 6. The van der Waals surface area contributed by atoms with Crippen LogP contribution in [0.25, 0.3) is 90.8 Å². The van der Waals surface area contributed by atoms with Crippen molar-refractivity contribution in [1.82, 2.24) is 0 Å². The second kappa shape index (κ2) is 16.9. The maximum absolute atomic E-state index is 2.27. The van der Waals surface area contributed by atoms with E-state index in [4.69, 9.17) is 0 Å². The van der Waals surface area contributed by atoms with E-state index in [9.17, 15) is 0 Å². The van der Waals surface area contributed by atoms with Gasteiger partial charge in [-0.25, -0.2) is 0 Å². The van der Waals surface area contributed by atoms with Crippen molar-refractivity contribution in [3.05, 3.63) is 182 Å². The molecule has 0 aliphatic heterocycles. The molecular weight excluding hydrogens is 865 g/mol. The van der Waals surface area contributed by atoms with Crippen LogP contribution in [0.3, 0.4) is 0 Å². The Morgan fingerprint density at radius 1 is 0.175 bits per heavy atom. The summed E-state index contributed by atoms with van der Waals surface area (Å²) in [4.78, 5) is 7.88. The second-order valence-corrected chi connectivity index (χ2v) is 22.5. The monoisotopic (exact) mass is 894 g/mol. The molecule has 0 N–H and O–H groups in total. The Morgan fingerprint density at radius 2 is 0.316 bits per heavy atom. The normalized spacial score (nSPS) is 11.2. The van der Waals surface area contributed by atoms with Crippen molar-refractivity contribution in [3.63, 3.8) is 0 Å². The summed E-state index contributed by atoms with van der Waals surface area (Å²) in [7, 11) is 11.5. The average molecular weight is 895 g/mol. The number of hydrogen-bond donors (Lipinski definition) is 0. The fourth-order valence-corrected chi connectivity index (χ4v) is 21.7. The van der Waals surface area contributed by atoms with E-state index in [0.29, 0.717) is 0 Å². The van der Waals surface area contributed by atoms with Crippen LogP contribution >= 0.6 is 96.1 Å². The minimum absolute atomic E-state index is 1.25. The lowest BCUT2D eigenvalue weighted by atomic mass is 10.1. The van der Waals surface area contributed by atoms with Crippen molar-refractivity contribution in [3.8, 4) is 62.6 Å². The van der Waals surface area contributed by atoms with E-state index in [1.165, 1.54) is 90.8 Å². The third-order valence-corrected chi connectivity index (χ3v) is 21.8. The van der Waals surface area contributed by atoms with E-state index in [0.717, 1.165) is 0 Å². The van der Waals surface area contributed by atoms with Crippen molar-refractivity contribution in [1.29, 1.82) is 0 Å². The molecule has 0 amide bonds. The Labute approximate surface area is 365 Å². The molecule has 0 nitrogen and oxygen atoms in total. The highest BCUT2D eigenvalue weighted by Crippen LogP contribution is 2.54. The van der Waals surface area contributed by atoms with Gasteiger partial charge in [-0.3, -0.25) is 0 Å². The largest absolute Gasteiger partial charge is 0.132 e. The average Bonchev–Trinajstić information content (AvgIpc) is 3.96. The van der Waals surface area contributed by atoms with Crippen molar-refractivity contribution in [2.24, 2.45) is 0 Å². The highest BCUT2D eigenvalue weighted by atomic mass is 32.9. The van der Waals surface area contributed by atoms with Gasteiger partial charge in [0.05, 0.1) is 57.5 Å². The molecule has 0 radical (unpaired) electrons. The van der Waals surface area contributed by atoms with E-state index < -0.39 is 0 Å². The third-order valence-electron chi connectivity index (χ3n) is 9.31. The maximum Gasteiger partial charge on any atom is 0.0750 e. The molecule has 0 bridgehead atoms. The van der Waals surface area contributed by atoms with Gasteiger partial charge in [-0.15, -0.1) is 34.0 Å². The number of fused-ring (bicyclic) bond motifs is 3. The molecular formula is C48H30S9. The lowest BCUT2D eigenvalue weighted by Gasteiger charge is -1.98. The molecule has 10 aromatic rings.